The van der Waals surface area contributed by atoms with E-state index >= 15 is 0 Å². The van der Waals surface area contributed by atoms with Crippen molar-refractivity contribution in [1.29, 1.82) is 0 Å². The maximum atomic E-state index is 12.8. The monoisotopic (exact) mass is 429 g/mol. The van der Waals surface area contributed by atoms with Crippen LogP contribution in [-0.2, 0) is 16.0 Å². The van der Waals surface area contributed by atoms with Crippen LogP contribution in [0, 0.1) is 0 Å². The highest BCUT2D eigenvalue weighted by molar-refractivity contribution is 7.15. The van der Waals surface area contributed by atoms with Crippen LogP contribution in [0.4, 0.5) is 5.13 Å². The normalized spacial score (nSPS) is 22.0. The number of amides is 3. The second-order valence-corrected chi connectivity index (χ2v) is 8.47. The SMILES string of the molecule is CCc1nnc(NC(=O)[C@@H](C)N2CC[C@@]3(CCC2=O)NC(=O)c2ccccc2O3)s1. The number of benzene rings is 1. The van der Waals surface area contributed by atoms with Crippen LogP contribution in [0.2, 0.25) is 0 Å². The van der Waals surface area contributed by atoms with Gasteiger partial charge in [0.05, 0.1) is 5.56 Å². The number of aromatic nitrogens is 2. The second kappa shape index (κ2) is 8.02. The van der Waals surface area contributed by atoms with E-state index in [1.807, 2.05) is 13.0 Å². The Morgan fingerprint density at radius 1 is 1.33 bits per heavy atom. The van der Waals surface area contributed by atoms with Gasteiger partial charge in [0.1, 0.15) is 16.8 Å². The molecule has 2 aromatic rings. The molecular weight excluding hydrogens is 406 g/mol. The van der Waals surface area contributed by atoms with Gasteiger partial charge in [-0.3, -0.25) is 19.7 Å². The van der Waals surface area contributed by atoms with Gasteiger partial charge in [-0.2, -0.15) is 0 Å². The van der Waals surface area contributed by atoms with Crippen LogP contribution in [0.3, 0.4) is 0 Å². The molecular formula is C20H23N5O4S. The minimum atomic E-state index is -0.957. The Bertz CT molecular complexity index is 993. The topological polar surface area (TPSA) is 114 Å². The summed E-state index contributed by atoms with van der Waals surface area (Å²) in [6.45, 7) is 3.93. The van der Waals surface area contributed by atoms with Crippen LogP contribution in [-0.4, -0.2) is 51.1 Å². The minimum absolute atomic E-state index is 0.155. The van der Waals surface area contributed by atoms with E-state index in [9.17, 15) is 14.4 Å². The molecule has 1 spiro atoms. The molecule has 0 bridgehead atoms. The number of likely N-dealkylation sites (tertiary alicyclic amines) is 1. The van der Waals surface area contributed by atoms with Crippen molar-refractivity contribution in [2.75, 3.05) is 11.9 Å². The molecule has 1 aromatic heterocycles. The minimum Gasteiger partial charge on any atom is -0.467 e. The number of nitrogens with one attached hydrogen (secondary N) is 2. The van der Waals surface area contributed by atoms with E-state index < -0.39 is 11.8 Å². The zero-order chi connectivity index (χ0) is 21.3. The Kier molecular flexibility index (Phi) is 5.42. The number of anilines is 1. The molecule has 0 saturated carbocycles. The van der Waals surface area contributed by atoms with Crippen molar-refractivity contribution in [3.63, 3.8) is 0 Å². The molecule has 158 valence electrons. The summed E-state index contributed by atoms with van der Waals surface area (Å²) in [6.07, 6.45) is 1.63. The lowest BCUT2D eigenvalue weighted by Gasteiger charge is -2.38. The molecule has 3 amide bonds. The Morgan fingerprint density at radius 2 is 2.13 bits per heavy atom. The van der Waals surface area contributed by atoms with Crippen LogP contribution in [0.1, 0.15) is 48.5 Å². The highest BCUT2D eigenvalue weighted by atomic mass is 32.1. The molecule has 2 aliphatic rings. The Hall–Kier alpha value is -3.01. The number of rotatable bonds is 4. The van der Waals surface area contributed by atoms with Crippen LogP contribution in [0.25, 0.3) is 0 Å². The Balaban J connectivity index is 1.46. The molecule has 2 N–H and O–H groups in total. The average molecular weight is 430 g/mol. The standard InChI is InChI=1S/C20H23N5O4S/c1-3-15-23-24-19(30-15)21-17(27)12(2)25-11-10-20(9-8-16(25)26)22-18(28)13-6-4-5-7-14(13)29-20/h4-7,12H,3,8-11H2,1-2H3,(H,22,28)(H,21,24,27)/t12-,20+/m1/s1. The molecule has 2 aliphatic heterocycles. The van der Waals surface area contributed by atoms with E-state index in [4.69, 9.17) is 4.74 Å². The summed E-state index contributed by atoms with van der Waals surface area (Å²) in [5.41, 5.74) is -0.479. The van der Waals surface area contributed by atoms with Gasteiger partial charge in [-0.1, -0.05) is 30.4 Å². The summed E-state index contributed by atoms with van der Waals surface area (Å²) >= 11 is 1.32. The van der Waals surface area contributed by atoms with Gasteiger partial charge >= 0.3 is 0 Å². The summed E-state index contributed by atoms with van der Waals surface area (Å²) in [4.78, 5) is 39.5. The van der Waals surface area contributed by atoms with E-state index in [1.54, 1.807) is 25.1 Å². The second-order valence-electron chi connectivity index (χ2n) is 7.40. The largest absolute Gasteiger partial charge is 0.467 e. The molecule has 0 radical (unpaired) electrons. The van der Waals surface area contributed by atoms with E-state index in [2.05, 4.69) is 20.8 Å². The van der Waals surface area contributed by atoms with Gasteiger partial charge in [-0.15, -0.1) is 10.2 Å². The first kappa shape index (κ1) is 20.3. The fourth-order valence-electron chi connectivity index (χ4n) is 3.69. The van der Waals surface area contributed by atoms with Gasteiger partial charge in [0, 0.05) is 25.8 Å². The summed E-state index contributed by atoms with van der Waals surface area (Å²) in [5.74, 6) is -0.183. The fourth-order valence-corrected chi connectivity index (χ4v) is 4.37. The van der Waals surface area contributed by atoms with Gasteiger partial charge < -0.3 is 15.0 Å². The average Bonchev–Trinajstić information content (AvgIpc) is 3.13. The van der Waals surface area contributed by atoms with Gasteiger partial charge in [0.25, 0.3) is 5.91 Å². The first-order chi connectivity index (χ1) is 14.4. The summed E-state index contributed by atoms with van der Waals surface area (Å²) in [6, 6.07) is 6.36. The molecule has 1 aromatic carbocycles. The molecule has 3 heterocycles. The van der Waals surface area contributed by atoms with Crippen molar-refractivity contribution >= 4 is 34.2 Å². The van der Waals surface area contributed by atoms with Crippen molar-refractivity contribution in [3.05, 3.63) is 34.8 Å². The van der Waals surface area contributed by atoms with Crippen LogP contribution < -0.4 is 15.4 Å². The number of carbonyl (C=O) groups excluding carboxylic acids is 3. The first-order valence-electron chi connectivity index (χ1n) is 9.94. The van der Waals surface area contributed by atoms with E-state index in [0.29, 0.717) is 29.3 Å². The van der Waals surface area contributed by atoms with Crippen molar-refractivity contribution < 1.29 is 19.1 Å². The quantitative estimate of drug-likeness (QED) is 0.768. The van der Waals surface area contributed by atoms with E-state index in [-0.39, 0.29) is 30.7 Å². The molecule has 30 heavy (non-hydrogen) atoms. The third-order valence-corrected chi connectivity index (χ3v) is 6.43. The number of carbonyl (C=O) groups is 3. The van der Waals surface area contributed by atoms with Crippen LogP contribution >= 0.6 is 11.3 Å². The number of para-hydroxylation sites is 1. The molecule has 4 rings (SSSR count). The number of ether oxygens (including phenoxy) is 1. The van der Waals surface area contributed by atoms with E-state index in [1.165, 1.54) is 16.2 Å². The summed E-state index contributed by atoms with van der Waals surface area (Å²) in [7, 11) is 0. The molecule has 9 nitrogen and oxygen atoms in total. The maximum absolute atomic E-state index is 12.8. The molecule has 0 unspecified atom stereocenters. The summed E-state index contributed by atoms with van der Waals surface area (Å²) in [5, 5.41) is 14.9. The number of nitrogens with zero attached hydrogens (tertiary/aromatic N) is 3. The number of hydrogen-bond donors (Lipinski definition) is 2. The smallest absolute Gasteiger partial charge is 0.258 e. The molecule has 2 atom stereocenters. The zero-order valence-electron chi connectivity index (χ0n) is 16.8. The van der Waals surface area contributed by atoms with E-state index in [0.717, 1.165) is 11.4 Å². The van der Waals surface area contributed by atoms with Gasteiger partial charge in [0.15, 0.2) is 5.72 Å². The lowest BCUT2D eigenvalue weighted by molar-refractivity contribution is -0.137. The Labute approximate surface area is 177 Å². The molecule has 1 fully saturated rings. The van der Waals surface area contributed by atoms with Crippen LogP contribution in [0.5, 0.6) is 5.75 Å². The fraction of sp³-hybridized carbons (Fsp3) is 0.450. The predicted octanol–water partition coefficient (Wildman–Crippen LogP) is 1.96. The van der Waals surface area contributed by atoms with Crippen molar-refractivity contribution in [3.8, 4) is 5.75 Å². The van der Waals surface area contributed by atoms with Gasteiger partial charge in [0.2, 0.25) is 16.9 Å². The number of hydrogen-bond acceptors (Lipinski definition) is 7. The predicted molar refractivity (Wildman–Crippen MR) is 110 cm³/mol. The highest BCUT2D eigenvalue weighted by Gasteiger charge is 2.43. The lowest BCUT2D eigenvalue weighted by Crippen LogP contribution is -2.56. The summed E-state index contributed by atoms with van der Waals surface area (Å²) < 4.78 is 6.13. The number of fused-ring (bicyclic) bond motifs is 1. The third-order valence-electron chi connectivity index (χ3n) is 5.44. The maximum Gasteiger partial charge on any atom is 0.258 e. The lowest BCUT2D eigenvalue weighted by atomic mass is 10.0. The molecule has 10 heteroatoms. The highest BCUT2D eigenvalue weighted by Crippen LogP contribution is 2.34. The zero-order valence-corrected chi connectivity index (χ0v) is 17.6. The third kappa shape index (κ3) is 3.87. The van der Waals surface area contributed by atoms with Crippen molar-refractivity contribution in [1.82, 2.24) is 20.4 Å². The van der Waals surface area contributed by atoms with Gasteiger partial charge in [-0.05, 0) is 25.5 Å². The van der Waals surface area contributed by atoms with Crippen molar-refractivity contribution in [2.24, 2.45) is 0 Å². The van der Waals surface area contributed by atoms with Gasteiger partial charge in [-0.25, -0.2) is 0 Å². The molecule has 0 aliphatic carbocycles. The van der Waals surface area contributed by atoms with Crippen molar-refractivity contribution in [2.45, 2.75) is 51.3 Å². The first-order valence-corrected chi connectivity index (χ1v) is 10.8. The molecule has 1 saturated heterocycles. The number of aryl methyl sites for hydroxylation is 1. The van der Waals surface area contributed by atoms with Crippen LogP contribution in [0.15, 0.2) is 24.3 Å². The Morgan fingerprint density at radius 3 is 2.90 bits per heavy atom.